The fourth-order valence-corrected chi connectivity index (χ4v) is 1.72. The molecule has 1 aliphatic heterocycles. The zero-order valence-electron chi connectivity index (χ0n) is 7.94. The molecule has 1 aliphatic rings. The van der Waals surface area contributed by atoms with Crippen LogP contribution in [0.2, 0.25) is 0 Å². The summed E-state index contributed by atoms with van der Waals surface area (Å²) in [5.74, 6) is 2.87. The van der Waals surface area contributed by atoms with Gasteiger partial charge < -0.3 is 0 Å². The molecule has 0 amide bonds. The van der Waals surface area contributed by atoms with E-state index in [0.29, 0.717) is 0 Å². The summed E-state index contributed by atoms with van der Waals surface area (Å²) in [5, 5.41) is 0. The lowest BCUT2D eigenvalue weighted by atomic mass is 10.0. The van der Waals surface area contributed by atoms with Crippen molar-refractivity contribution < 1.29 is 0 Å². The molecule has 0 bridgehead atoms. The van der Waals surface area contributed by atoms with Crippen molar-refractivity contribution in [2.24, 2.45) is 0 Å². The first-order chi connectivity index (χ1) is 4.92. The summed E-state index contributed by atoms with van der Waals surface area (Å²) in [6.07, 6.45) is 7.80. The molecule has 1 rings (SSSR count). The lowest BCUT2D eigenvalue weighted by molar-refractivity contribution is 0.141. The van der Waals surface area contributed by atoms with Crippen molar-refractivity contribution in [3.63, 3.8) is 0 Å². The summed E-state index contributed by atoms with van der Waals surface area (Å²) in [6.45, 7) is 6.63. The molecule has 0 aromatic carbocycles. The topological polar surface area (TPSA) is 3.24 Å². The normalized spacial score (nSPS) is 37.0. The van der Waals surface area contributed by atoms with E-state index in [0.717, 1.165) is 6.42 Å². The number of likely N-dealkylation sites (tertiary alicyclic amines) is 1. The van der Waals surface area contributed by atoms with E-state index in [4.69, 9.17) is 6.42 Å². The Hall–Kier alpha value is -0.480. The highest BCUT2D eigenvalue weighted by Gasteiger charge is 2.43. The van der Waals surface area contributed by atoms with Crippen LogP contribution < -0.4 is 0 Å². The highest BCUT2D eigenvalue weighted by atomic mass is 15.2. The summed E-state index contributed by atoms with van der Waals surface area (Å²) in [4.78, 5) is 2.31. The minimum Gasteiger partial charge on any atom is -0.285 e. The molecule has 1 heterocycles. The van der Waals surface area contributed by atoms with Crippen LogP contribution in [0.3, 0.4) is 0 Å². The van der Waals surface area contributed by atoms with Gasteiger partial charge in [-0.3, -0.25) is 4.90 Å². The van der Waals surface area contributed by atoms with Crippen molar-refractivity contribution in [1.29, 1.82) is 0 Å². The molecule has 0 spiro atoms. The number of terminal acetylenes is 1. The van der Waals surface area contributed by atoms with Crippen LogP contribution in [-0.2, 0) is 0 Å². The molecule has 0 aliphatic carbocycles. The van der Waals surface area contributed by atoms with E-state index in [9.17, 15) is 0 Å². The van der Waals surface area contributed by atoms with Crippen LogP contribution >= 0.6 is 0 Å². The average Bonchev–Trinajstić information content (AvgIpc) is 2.16. The fraction of sp³-hybridized carbons (Fsp3) is 0.800. The molecular weight excluding hydrogens is 134 g/mol. The Bertz CT molecular complexity index is 199. The van der Waals surface area contributed by atoms with Gasteiger partial charge >= 0.3 is 0 Å². The molecule has 0 radical (unpaired) electrons. The van der Waals surface area contributed by atoms with Gasteiger partial charge in [0, 0.05) is 5.54 Å². The highest BCUT2D eigenvalue weighted by Crippen LogP contribution is 2.38. The van der Waals surface area contributed by atoms with Gasteiger partial charge in [0.05, 0.1) is 5.54 Å². The molecule has 0 aromatic rings. The molecule has 62 valence electrons. The number of hydrogen-bond acceptors (Lipinski definition) is 1. The van der Waals surface area contributed by atoms with Crippen molar-refractivity contribution in [1.82, 2.24) is 4.90 Å². The Morgan fingerprint density at radius 3 is 2.00 bits per heavy atom. The predicted molar refractivity (Wildman–Crippen MR) is 48.3 cm³/mol. The largest absolute Gasteiger partial charge is 0.285 e. The SMILES string of the molecule is C#CC1(C)CCC(C)(C)N1C. The standard InChI is InChI=1S/C10H17N/c1-6-10(4)8-7-9(2,3)11(10)5/h1H,7-8H2,2-5H3. The van der Waals surface area contributed by atoms with Gasteiger partial charge in [-0.15, -0.1) is 6.42 Å². The fourth-order valence-electron chi connectivity index (χ4n) is 1.72. The number of nitrogens with zero attached hydrogens (tertiary/aromatic N) is 1. The molecule has 0 N–H and O–H groups in total. The van der Waals surface area contributed by atoms with Gasteiger partial charge in [0.15, 0.2) is 0 Å². The van der Waals surface area contributed by atoms with E-state index < -0.39 is 0 Å². The zero-order chi connectivity index (χ0) is 8.70. The number of rotatable bonds is 0. The van der Waals surface area contributed by atoms with Crippen LogP contribution in [0.1, 0.15) is 33.6 Å². The van der Waals surface area contributed by atoms with Crippen molar-refractivity contribution in [3.8, 4) is 12.3 Å². The third-order valence-corrected chi connectivity index (χ3v) is 3.18. The summed E-state index contributed by atoms with van der Waals surface area (Å²) in [5.41, 5.74) is 0.268. The maximum Gasteiger partial charge on any atom is 0.0797 e. The Labute approximate surface area is 69.8 Å². The van der Waals surface area contributed by atoms with E-state index in [1.54, 1.807) is 0 Å². The van der Waals surface area contributed by atoms with E-state index in [1.165, 1.54) is 6.42 Å². The van der Waals surface area contributed by atoms with Crippen LogP contribution in [0.5, 0.6) is 0 Å². The molecule has 1 atom stereocenters. The quantitative estimate of drug-likeness (QED) is 0.478. The summed E-state index contributed by atoms with van der Waals surface area (Å²) >= 11 is 0. The second-order valence-electron chi connectivity index (χ2n) is 4.29. The van der Waals surface area contributed by atoms with Crippen LogP contribution in [-0.4, -0.2) is 23.0 Å². The first kappa shape index (κ1) is 8.62. The first-order valence-electron chi connectivity index (χ1n) is 4.14. The van der Waals surface area contributed by atoms with E-state index in [-0.39, 0.29) is 11.1 Å². The second kappa shape index (κ2) is 2.25. The Morgan fingerprint density at radius 1 is 1.27 bits per heavy atom. The van der Waals surface area contributed by atoms with Gasteiger partial charge in [-0.1, -0.05) is 5.92 Å². The van der Waals surface area contributed by atoms with E-state index >= 15 is 0 Å². The van der Waals surface area contributed by atoms with Crippen molar-refractivity contribution >= 4 is 0 Å². The Kier molecular flexibility index (Phi) is 1.76. The van der Waals surface area contributed by atoms with E-state index in [1.807, 2.05) is 0 Å². The lowest BCUT2D eigenvalue weighted by Gasteiger charge is -2.35. The molecule has 1 nitrogen and oxygen atoms in total. The average molecular weight is 151 g/mol. The van der Waals surface area contributed by atoms with E-state index in [2.05, 4.69) is 38.6 Å². The summed E-state index contributed by atoms with van der Waals surface area (Å²) in [7, 11) is 2.12. The lowest BCUT2D eigenvalue weighted by Crippen LogP contribution is -2.45. The molecule has 11 heavy (non-hydrogen) atoms. The molecule has 0 aromatic heterocycles. The minimum absolute atomic E-state index is 0.0104. The van der Waals surface area contributed by atoms with Crippen molar-refractivity contribution in [2.75, 3.05) is 7.05 Å². The predicted octanol–water partition coefficient (Wildman–Crippen LogP) is 1.88. The van der Waals surface area contributed by atoms with Crippen molar-refractivity contribution in [2.45, 2.75) is 44.7 Å². The third-order valence-electron chi connectivity index (χ3n) is 3.18. The minimum atomic E-state index is -0.0104. The molecule has 1 fully saturated rings. The monoisotopic (exact) mass is 151 g/mol. The van der Waals surface area contributed by atoms with Gasteiger partial charge in [0.2, 0.25) is 0 Å². The molecule has 1 heteroatoms. The van der Waals surface area contributed by atoms with Gasteiger partial charge in [-0.2, -0.15) is 0 Å². The van der Waals surface area contributed by atoms with Crippen LogP contribution in [0.4, 0.5) is 0 Å². The maximum atomic E-state index is 5.49. The van der Waals surface area contributed by atoms with Crippen molar-refractivity contribution in [3.05, 3.63) is 0 Å². The molecule has 1 unspecified atom stereocenters. The van der Waals surface area contributed by atoms with Crippen LogP contribution in [0.25, 0.3) is 0 Å². The number of hydrogen-bond donors (Lipinski definition) is 0. The van der Waals surface area contributed by atoms with Gasteiger partial charge in [-0.25, -0.2) is 0 Å². The third kappa shape index (κ3) is 1.16. The van der Waals surface area contributed by atoms with Gasteiger partial charge in [-0.05, 0) is 40.7 Å². The molecule has 1 saturated heterocycles. The summed E-state index contributed by atoms with van der Waals surface area (Å²) in [6, 6.07) is 0. The van der Waals surface area contributed by atoms with Crippen LogP contribution in [0.15, 0.2) is 0 Å². The highest BCUT2D eigenvalue weighted by molar-refractivity contribution is 5.17. The maximum absolute atomic E-state index is 5.49. The first-order valence-corrected chi connectivity index (χ1v) is 4.14. The smallest absolute Gasteiger partial charge is 0.0797 e. The van der Waals surface area contributed by atoms with Gasteiger partial charge in [0.25, 0.3) is 0 Å². The Balaban J connectivity index is 2.89. The molecular formula is C10H17N. The zero-order valence-corrected chi connectivity index (χ0v) is 7.94. The molecule has 0 saturated carbocycles. The Morgan fingerprint density at radius 2 is 1.82 bits per heavy atom. The van der Waals surface area contributed by atoms with Gasteiger partial charge in [0.1, 0.15) is 0 Å². The second-order valence-corrected chi connectivity index (χ2v) is 4.29. The van der Waals surface area contributed by atoms with Crippen LogP contribution in [0, 0.1) is 12.3 Å². The summed E-state index contributed by atoms with van der Waals surface area (Å²) < 4.78 is 0.